The van der Waals surface area contributed by atoms with Gasteiger partial charge in [0.25, 0.3) is 0 Å². The van der Waals surface area contributed by atoms with Crippen molar-refractivity contribution in [1.29, 1.82) is 0 Å². The second-order valence-corrected chi connectivity index (χ2v) is 1.91. The number of nitrogens with zero attached hydrogens (tertiary/aromatic N) is 1. The van der Waals surface area contributed by atoms with Gasteiger partial charge in [0.1, 0.15) is 0 Å². The summed E-state index contributed by atoms with van der Waals surface area (Å²) in [5.74, 6) is 0.792. The first-order valence-corrected chi connectivity index (χ1v) is 2.75. The van der Waals surface area contributed by atoms with Gasteiger partial charge in [0.05, 0.1) is 0 Å². The molecule has 1 heterocycles. The third-order valence-electron chi connectivity index (χ3n) is 0.941. The number of halogens is 1. The van der Waals surface area contributed by atoms with Crippen LogP contribution in [0.15, 0.2) is 0 Å². The van der Waals surface area contributed by atoms with Crippen molar-refractivity contribution in [3.8, 4) is 0 Å². The molecule has 0 atom stereocenters. The highest BCUT2D eigenvalue weighted by molar-refractivity contribution is 6.18. The van der Waals surface area contributed by atoms with Gasteiger partial charge in [0.15, 0.2) is 0 Å². The zero-order chi connectivity index (χ0) is 4.41. The molecule has 0 aromatic heterocycles. The molecule has 0 amide bonds. The Kier molecular flexibility index (Phi) is 1.33. The van der Waals surface area contributed by atoms with Crippen molar-refractivity contribution < 1.29 is 0 Å². The lowest BCUT2D eigenvalue weighted by Gasteiger charge is -1.87. The Bertz CT molecular complexity index is 42.8. The van der Waals surface area contributed by atoms with Crippen LogP contribution in [-0.4, -0.2) is 30.4 Å². The van der Waals surface area contributed by atoms with E-state index in [1.54, 1.807) is 0 Å². The fraction of sp³-hybridized carbons (Fsp3) is 1.00. The highest BCUT2D eigenvalue weighted by Gasteiger charge is 2.14. The van der Waals surface area contributed by atoms with Gasteiger partial charge in [-0.15, -0.1) is 11.6 Å². The Morgan fingerprint density at radius 2 is 2.17 bits per heavy atom. The van der Waals surface area contributed by atoms with Gasteiger partial charge in [-0.25, -0.2) is 0 Å². The van der Waals surface area contributed by atoms with E-state index in [1.165, 1.54) is 13.1 Å². The predicted octanol–water partition coefficient (Wildman–Crippen LogP) is 0.541. The van der Waals surface area contributed by atoms with Crippen LogP contribution in [0, 0.1) is 0 Å². The minimum atomic E-state index is 0.792. The van der Waals surface area contributed by atoms with E-state index in [2.05, 4.69) is 4.90 Å². The van der Waals surface area contributed by atoms with E-state index in [9.17, 15) is 0 Å². The van der Waals surface area contributed by atoms with Crippen molar-refractivity contribution in [1.82, 2.24) is 4.90 Å². The summed E-state index contributed by atoms with van der Waals surface area (Å²) in [4.78, 5) is 2.30. The first-order valence-electron chi connectivity index (χ1n) is 2.22. The average molecular weight is 106 g/mol. The summed E-state index contributed by atoms with van der Waals surface area (Å²) >= 11 is 5.39. The fourth-order valence-electron chi connectivity index (χ4n) is 0.414. The first kappa shape index (κ1) is 4.41. The topological polar surface area (TPSA) is 3.01 Å². The molecule has 0 N–H and O–H groups in total. The predicted molar refractivity (Wildman–Crippen MR) is 27.2 cm³/mol. The monoisotopic (exact) mass is 105 g/mol. The maximum absolute atomic E-state index is 5.39. The van der Waals surface area contributed by atoms with E-state index in [0.717, 1.165) is 12.4 Å². The van der Waals surface area contributed by atoms with Crippen LogP contribution in [0.2, 0.25) is 0 Å². The molecule has 1 aliphatic rings. The van der Waals surface area contributed by atoms with Gasteiger partial charge in [-0.1, -0.05) is 0 Å². The van der Waals surface area contributed by atoms with Gasteiger partial charge in [-0.05, 0) is 0 Å². The normalized spacial score (nSPS) is 21.5. The zero-order valence-electron chi connectivity index (χ0n) is 3.65. The second kappa shape index (κ2) is 1.80. The van der Waals surface area contributed by atoms with Crippen molar-refractivity contribution in [3.05, 3.63) is 0 Å². The van der Waals surface area contributed by atoms with Gasteiger partial charge in [-0.2, -0.15) is 0 Å². The van der Waals surface area contributed by atoms with E-state index >= 15 is 0 Å². The molecule has 1 fully saturated rings. The van der Waals surface area contributed by atoms with Gasteiger partial charge < -0.3 is 0 Å². The minimum absolute atomic E-state index is 0.792. The van der Waals surface area contributed by atoms with Gasteiger partial charge in [-0.3, -0.25) is 4.90 Å². The van der Waals surface area contributed by atoms with Crippen molar-refractivity contribution in [2.24, 2.45) is 0 Å². The molecule has 1 rings (SSSR count). The third-order valence-corrected chi connectivity index (χ3v) is 1.11. The quantitative estimate of drug-likeness (QED) is 0.366. The number of hydrogen-bond donors (Lipinski definition) is 0. The lowest BCUT2D eigenvalue weighted by Crippen LogP contribution is -1.98. The maximum Gasteiger partial charge on any atom is 0.0351 e. The molecule has 6 heavy (non-hydrogen) atoms. The van der Waals surface area contributed by atoms with Crippen LogP contribution in [-0.2, 0) is 0 Å². The van der Waals surface area contributed by atoms with Gasteiger partial charge in [0.2, 0.25) is 0 Å². The van der Waals surface area contributed by atoms with Crippen LogP contribution >= 0.6 is 11.6 Å². The van der Waals surface area contributed by atoms with Gasteiger partial charge in [0, 0.05) is 25.5 Å². The maximum atomic E-state index is 5.39. The van der Waals surface area contributed by atoms with Crippen molar-refractivity contribution in [3.63, 3.8) is 0 Å². The Balaban J connectivity index is 1.88. The molecule has 0 aromatic carbocycles. The van der Waals surface area contributed by atoms with Crippen molar-refractivity contribution >= 4 is 11.6 Å². The average Bonchev–Trinajstić information content (AvgIpc) is 2.21. The molecule has 0 spiro atoms. The van der Waals surface area contributed by atoms with Crippen LogP contribution in [0.4, 0.5) is 0 Å². The minimum Gasteiger partial charge on any atom is -0.300 e. The molecule has 36 valence electrons. The Morgan fingerprint density at radius 1 is 1.50 bits per heavy atom. The fourth-order valence-corrected chi connectivity index (χ4v) is 0.653. The number of hydrogen-bond acceptors (Lipinski definition) is 1. The van der Waals surface area contributed by atoms with Gasteiger partial charge >= 0.3 is 0 Å². The molecule has 0 bridgehead atoms. The summed E-state index contributed by atoms with van der Waals surface area (Å²) in [7, 11) is 0. The second-order valence-electron chi connectivity index (χ2n) is 1.53. The molecule has 0 aromatic rings. The van der Waals surface area contributed by atoms with Crippen LogP contribution in [0.1, 0.15) is 0 Å². The van der Waals surface area contributed by atoms with Crippen LogP contribution in [0.5, 0.6) is 0 Å². The molecular weight excluding hydrogens is 97.5 g/mol. The molecular formula is C4H8ClN. The van der Waals surface area contributed by atoms with Crippen LogP contribution in [0.3, 0.4) is 0 Å². The molecule has 1 saturated heterocycles. The summed E-state index contributed by atoms with van der Waals surface area (Å²) in [6, 6.07) is 0. The Labute approximate surface area is 42.9 Å². The largest absolute Gasteiger partial charge is 0.300 e. The van der Waals surface area contributed by atoms with E-state index in [1.807, 2.05) is 0 Å². The zero-order valence-corrected chi connectivity index (χ0v) is 4.41. The molecule has 1 nitrogen and oxygen atoms in total. The van der Waals surface area contributed by atoms with Crippen molar-refractivity contribution in [2.45, 2.75) is 0 Å². The Morgan fingerprint density at radius 3 is 2.33 bits per heavy atom. The summed E-state index contributed by atoms with van der Waals surface area (Å²) in [6.45, 7) is 3.63. The summed E-state index contributed by atoms with van der Waals surface area (Å²) < 4.78 is 0. The standard InChI is InChI=1S/C4H8ClN/c5-1-2-6-3-4-6/h1-4H2. The molecule has 0 aliphatic carbocycles. The smallest absolute Gasteiger partial charge is 0.0351 e. The first-order chi connectivity index (χ1) is 2.93. The molecule has 0 saturated carbocycles. The number of rotatable bonds is 2. The Hall–Kier alpha value is 0.250. The SMILES string of the molecule is ClCCN1CC1. The number of alkyl halides is 1. The van der Waals surface area contributed by atoms with Crippen LogP contribution < -0.4 is 0 Å². The lowest BCUT2D eigenvalue weighted by atomic mass is 10.8. The lowest BCUT2D eigenvalue weighted by molar-refractivity contribution is 0.598. The molecule has 0 unspecified atom stereocenters. The molecule has 0 radical (unpaired) electrons. The van der Waals surface area contributed by atoms with E-state index in [0.29, 0.717) is 0 Å². The van der Waals surface area contributed by atoms with Crippen LogP contribution in [0.25, 0.3) is 0 Å². The summed E-state index contributed by atoms with van der Waals surface area (Å²) in [5.41, 5.74) is 0. The summed E-state index contributed by atoms with van der Waals surface area (Å²) in [5, 5.41) is 0. The molecule has 1 aliphatic heterocycles. The van der Waals surface area contributed by atoms with E-state index < -0.39 is 0 Å². The molecule has 2 heteroatoms. The highest BCUT2D eigenvalue weighted by atomic mass is 35.5. The summed E-state index contributed by atoms with van der Waals surface area (Å²) in [6.07, 6.45) is 0. The van der Waals surface area contributed by atoms with Crippen molar-refractivity contribution in [2.75, 3.05) is 25.5 Å². The highest BCUT2D eigenvalue weighted by Crippen LogP contribution is 2.00. The third kappa shape index (κ3) is 1.15. The van der Waals surface area contributed by atoms with E-state index in [4.69, 9.17) is 11.6 Å². The van der Waals surface area contributed by atoms with E-state index in [-0.39, 0.29) is 0 Å².